The molecule has 1 rings (SSSR count). The molecule has 1 aliphatic carbocycles. The van der Waals surface area contributed by atoms with Crippen molar-refractivity contribution in [2.45, 2.75) is 58.4 Å². The molecule has 0 aromatic carbocycles. The van der Waals surface area contributed by atoms with Gasteiger partial charge >= 0.3 is 0 Å². The molecule has 0 heterocycles. The van der Waals surface area contributed by atoms with E-state index in [0.717, 1.165) is 6.54 Å². The van der Waals surface area contributed by atoms with Crippen LogP contribution in [-0.4, -0.2) is 54.6 Å². The fourth-order valence-corrected chi connectivity index (χ4v) is 2.75. The lowest BCUT2D eigenvalue weighted by Gasteiger charge is -2.39. The molecule has 0 unspecified atom stereocenters. The summed E-state index contributed by atoms with van der Waals surface area (Å²) in [6.07, 6.45) is 6.29. The minimum Gasteiger partial charge on any atom is -0.325 e. The molecular formula is C15H33N3. The first-order valence-corrected chi connectivity index (χ1v) is 7.87. The smallest absolute Gasteiger partial charge is 0.0166 e. The number of nitrogens with two attached hydrogens (primary N) is 1. The lowest BCUT2D eigenvalue weighted by atomic mass is 9.75. The Bertz CT molecular complexity index is 210. The monoisotopic (exact) mass is 255 g/mol. The van der Waals surface area contributed by atoms with Crippen molar-refractivity contribution in [3.8, 4) is 0 Å². The summed E-state index contributed by atoms with van der Waals surface area (Å²) in [7, 11) is 0. The molecule has 0 amide bonds. The van der Waals surface area contributed by atoms with Crippen LogP contribution in [0.5, 0.6) is 0 Å². The van der Waals surface area contributed by atoms with Crippen LogP contribution in [0.2, 0.25) is 0 Å². The highest BCUT2D eigenvalue weighted by Crippen LogP contribution is 2.32. The molecule has 1 aliphatic rings. The zero-order valence-electron chi connectivity index (χ0n) is 12.7. The van der Waals surface area contributed by atoms with Crippen LogP contribution in [0.15, 0.2) is 0 Å². The summed E-state index contributed by atoms with van der Waals surface area (Å²) in [5.41, 5.74) is 6.48. The average molecular weight is 255 g/mol. The summed E-state index contributed by atoms with van der Waals surface area (Å²) in [5, 5.41) is 0. The first-order valence-electron chi connectivity index (χ1n) is 7.87. The van der Waals surface area contributed by atoms with Crippen LogP contribution in [0.1, 0.15) is 52.9 Å². The van der Waals surface area contributed by atoms with Gasteiger partial charge in [0.25, 0.3) is 0 Å². The first kappa shape index (κ1) is 15.9. The topological polar surface area (TPSA) is 32.5 Å². The van der Waals surface area contributed by atoms with Crippen molar-refractivity contribution in [2.24, 2.45) is 5.73 Å². The zero-order chi connectivity index (χ0) is 13.4. The molecule has 2 N–H and O–H groups in total. The Morgan fingerprint density at radius 2 is 1.44 bits per heavy atom. The highest BCUT2D eigenvalue weighted by atomic mass is 15.1. The van der Waals surface area contributed by atoms with E-state index in [1.807, 2.05) is 0 Å². The van der Waals surface area contributed by atoms with Crippen molar-refractivity contribution < 1.29 is 0 Å². The van der Waals surface area contributed by atoms with Gasteiger partial charge in [-0.15, -0.1) is 0 Å². The normalized spacial score (nSPS) is 18.3. The Morgan fingerprint density at radius 3 is 1.89 bits per heavy atom. The maximum absolute atomic E-state index is 6.29. The molecule has 0 saturated heterocycles. The van der Waals surface area contributed by atoms with Crippen molar-refractivity contribution in [3.05, 3.63) is 0 Å². The number of hydrogen-bond acceptors (Lipinski definition) is 3. The number of hydrogen-bond donors (Lipinski definition) is 1. The lowest BCUT2D eigenvalue weighted by Crippen LogP contribution is -2.48. The molecule has 0 atom stereocenters. The van der Waals surface area contributed by atoms with E-state index in [1.165, 1.54) is 64.8 Å². The van der Waals surface area contributed by atoms with E-state index in [9.17, 15) is 0 Å². The minimum absolute atomic E-state index is 0.187. The van der Waals surface area contributed by atoms with Crippen LogP contribution in [-0.2, 0) is 0 Å². The summed E-state index contributed by atoms with van der Waals surface area (Å²) in [4.78, 5) is 5.07. The van der Waals surface area contributed by atoms with E-state index in [4.69, 9.17) is 5.73 Å². The highest BCUT2D eigenvalue weighted by molar-refractivity contribution is 4.92. The van der Waals surface area contributed by atoms with Crippen molar-refractivity contribution in [1.29, 1.82) is 0 Å². The minimum atomic E-state index is 0.187. The molecule has 0 bridgehead atoms. The van der Waals surface area contributed by atoms with Gasteiger partial charge in [-0.25, -0.2) is 0 Å². The summed E-state index contributed by atoms with van der Waals surface area (Å²) in [6, 6.07) is 0. The van der Waals surface area contributed by atoms with E-state index < -0.39 is 0 Å². The fourth-order valence-electron chi connectivity index (χ4n) is 2.75. The van der Waals surface area contributed by atoms with Gasteiger partial charge in [0.2, 0.25) is 0 Å². The van der Waals surface area contributed by atoms with Gasteiger partial charge in [0.1, 0.15) is 0 Å². The van der Waals surface area contributed by atoms with Crippen molar-refractivity contribution in [1.82, 2.24) is 9.80 Å². The third kappa shape index (κ3) is 5.25. The second-order valence-electron chi connectivity index (χ2n) is 5.78. The second-order valence-corrected chi connectivity index (χ2v) is 5.78. The number of nitrogens with zero attached hydrogens (tertiary/aromatic N) is 2. The van der Waals surface area contributed by atoms with Crippen LogP contribution in [0.25, 0.3) is 0 Å². The Morgan fingerprint density at radius 1 is 0.889 bits per heavy atom. The summed E-state index contributed by atoms with van der Waals surface area (Å²) >= 11 is 0. The van der Waals surface area contributed by atoms with Crippen LogP contribution in [0.3, 0.4) is 0 Å². The summed E-state index contributed by atoms with van der Waals surface area (Å²) in [6.45, 7) is 13.9. The van der Waals surface area contributed by atoms with Crippen LogP contribution in [0.4, 0.5) is 0 Å². The molecule has 0 aromatic heterocycles. The van der Waals surface area contributed by atoms with Crippen LogP contribution < -0.4 is 5.73 Å². The zero-order valence-corrected chi connectivity index (χ0v) is 12.7. The molecule has 18 heavy (non-hydrogen) atoms. The SMILES string of the molecule is CCN(CC)CCCN(CC)CCC1(N)CCC1. The van der Waals surface area contributed by atoms with Crippen molar-refractivity contribution in [3.63, 3.8) is 0 Å². The molecule has 1 saturated carbocycles. The molecule has 108 valence electrons. The van der Waals surface area contributed by atoms with Crippen molar-refractivity contribution in [2.75, 3.05) is 39.3 Å². The first-order chi connectivity index (χ1) is 8.63. The third-order valence-corrected chi connectivity index (χ3v) is 4.57. The molecule has 0 spiro atoms. The Balaban J connectivity index is 2.12. The summed E-state index contributed by atoms with van der Waals surface area (Å²) in [5.74, 6) is 0. The van der Waals surface area contributed by atoms with E-state index in [0.29, 0.717) is 0 Å². The van der Waals surface area contributed by atoms with Crippen LogP contribution in [0, 0.1) is 0 Å². The summed E-state index contributed by atoms with van der Waals surface area (Å²) < 4.78 is 0. The molecule has 0 aliphatic heterocycles. The molecule has 0 aromatic rings. The molecule has 3 nitrogen and oxygen atoms in total. The molecule has 0 radical (unpaired) electrons. The average Bonchev–Trinajstić information content (AvgIpc) is 2.36. The molecule has 1 fully saturated rings. The molecular weight excluding hydrogens is 222 g/mol. The van der Waals surface area contributed by atoms with Crippen molar-refractivity contribution >= 4 is 0 Å². The van der Waals surface area contributed by atoms with Gasteiger partial charge in [-0.2, -0.15) is 0 Å². The Labute approximate surface area is 114 Å². The Hall–Kier alpha value is -0.120. The van der Waals surface area contributed by atoms with E-state index >= 15 is 0 Å². The van der Waals surface area contributed by atoms with Gasteiger partial charge in [-0.05, 0) is 71.4 Å². The van der Waals surface area contributed by atoms with Gasteiger partial charge < -0.3 is 15.5 Å². The standard InChI is InChI=1S/C15H33N3/c1-4-17(5-2)12-8-13-18(6-3)14-11-15(16)9-7-10-15/h4-14,16H2,1-3H3. The predicted molar refractivity (Wildman–Crippen MR) is 79.9 cm³/mol. The van der Waals surface area contributed by atoms with E-state index in [-0.39, 0.29) is 5.54 Å². The fraction of sp³-hybridized carbons (Fsp3) is 1.00. The van der Waals surface area contributed by atoms with Gasteiger partial charge in [0, 0.05) is 5.54 Å². The predicted octanol–water partition coefficient (Wildman–Crippen LogP) is 2.31. The van der Waals surface area contributed by atoms with E-state index in [1.54, 1.807) is 0 Å². The molecule has 3 heteroatoms. The third-order valence-electron chi connectivity index (χ3n) is 4.57. The van der Waals surface area contributed by atoms with Gasteiger partial charge in [0.05, 0.1) is 0 Å². The highest BCUT2D eigenvalue weighted by Gasteiger charge is 2.32. The maximum Gasteiger partial charge on any atom is 0.0166 e. The largest absolute Gasteiger partial charge is 0.325 e. The Kier molecular flexibility index (Phi) is 7.20. The maximum atomic E-state index is 6.29. The lowest BCUT2D eigenvalue weighted by molar-refractivity contribution is 0.178. The quantitative estimate of drug-likeness (QED) is 0.650. The van der Waals surface area contributed by atoms with Gasteiger partial charge in [-0.1, -0.05) is 20.8 Å². The van der Waals surface area contributed by atoms with Gasteiger partial charge in [0.15, 0.2) is 0 Å². The van der Waals surface area contributed by atoms with E-state index in [2.05, 4.69) is 30.6 Å². The second kappa shape index (κ2) is 8.13. The van der Waals surface area contributed by atoms with Gasteiger partial charge in [-0.3, -0.25) is 0 Å². The number of rotatable bonds is 10. The van der Waals surface area contributed by atoms with Crippen LogP contribution >= 0.6 is 0 Å².